The van der Waals surface area contributed by atoms with Gasteiger partial charge in [0.05, 0.1) is 6.61 Å². The number of nitrogens with one attached hydrogen (secondary N) is 1. The van der Waals surface area contributed by atoms with E-state index in [2.05, 4.69) is 11.6 Å². The molecule has 1 aliphatic rings. The number of ether oxygens (including phenoxy) is 1. The summed E-state index contributed by atoms with van der Waals surface area (Å²) in [5.74, 6) is -1.39. The quantitative estimate of drug-likeness (QED) is 0.605. The Balaban J connectivity index is 2.66. The van der Waals surface area contributed by atoms with Gasteiger partial charge in [0, 0.05) is 11.3 Å². The second-order valence-electron chi connectivity index (χ2n) is 6.51. The van der Waals surface area contributed by atoms with Crippen LogP contribution in [0.4, 0.5) is 0 Å². The fourth-order valence-corrected chi connectivity index (χ4v) is 3.37. The molecule has 1 rings (SSSR count). The lowest BCUT2D eigenvalue weighted by molar-refractivity contribution is -0.156. The van der Waals surface area contributed by atoms with Crippen molar-refractivity contribution in [3.63, 3.8) is 0 Å². The fraction of sp³-hybridized carbons (Fsp3) is 0.867. The topological polar surface area (TPSA) is 55.4 Å². The average molecular weight is 301 g/mol. The predicted molar refractivity (Wildman–Crippen MR) is 82.7 cm³/mol. The van der Waals surface area contributed by atoms with Gasteiger partial charge in [-0.25, -0.2) is 0 Å². The molecular formula is C15H27NO3S. The minimum Gasteiger partial charge on any atom is -0.465 e. The zero-order chi connectivity index (χ0) is 15.4. The Bertz CT molecular complexity index is 353. The normalized spacial score (nSPS) is 18.9. The Morgan fingerprint density at radius 1 is 1.35 bits per heavy atom. The molecule has 0 bridgehead atoms. The van der Waals surface area contributed by atoms with Crippen LogP contribution < -0.4 is 5.32 Å². The standard InChI is InChI=1S/C15H27NO3S/c1-6-19-13(18)11(14(2,3)4)12(17)16-10-15(20-5)8-7-9-15/h11H,6-10H2,1-5H3,(H,16,17). The molecule has 5 heteroatoms. The summed E-state index contributed by atoms with van der Waals surface area (Å²) in [4.78, 5) is 24.4. The van der Waals surface area contributed by atoms with E-state index >= 15 is 0 Å². The third-order valence-corrected chi connectivity index (χ3v) is 5.35. The highest BCUT2D eigenvalue weighted by Crippen LogP contribution is 2.42. The van der Waals surface area contributed by atoms with E-state index in [9.17, 15) is 9.59 Å². The first kappa shape index (κ1) is 17.3. The lowest BCUT2D eigenvalue weighted by Crippen LogP contribution is -2.50. The number of hydrogen-bond acceptors (Lipinski definition) is 4. The van der Waals surface area contributed by atoms with Crippen molar-refractivity contribution >= 4 is 23.6 Å². The van der Waals surface area contributed by atoms with Gasteiger partial charge in [0.15, 0.2) is 0 Å². The van der Waals surface area contributed by atoms with Gasteiger partial charge in [-0.15, -0.1) is 0 Å². The van der Waals surface area contributed by atoms with Crippen molar-refractivity contribution in [1.82, 2.24) is 5.32 Å². The molecule has 0 heterocycles. The molecule has 0 radical (unpaired) electrons. The number of rotatable bonds is 6. The van der Waals surface area contributed by atoms with Gasteiger partial charge in [0.25, 0.3) is 0 Å². The van der Waals surface area contributed by atoms with Crippen molar-refractivity contribution in [3.8, 4) is 0 Å². The van der Waals surface area contributed by atoms with E-state index in [0.29, 0.717) is 13.2 Å². The Hall–Kier alpha value is -0.710. The second-order valence-corrected chi connectivity index (χ2v) is 7.78. The zero-order valence-electron chi connectivity index (χ0n) is 13.2. The molecular weight excluding hydrogens is 274 g/mol. The van der Waals surface area contributed by atoms with Crippen LogP contribution in [0.15, 0.2) is 0 Å². The molecule has 1 amide bonds. The number of carbonyl (C=O) groups excluding carboxylic acids is 2. The summed E-state index contributed by atoms with van der Waals surface area (Å²) in [6, 6.07) is 0. The van der Waals surface area contributed by atoms with Crippen LogP contribution in [0.3, 0.4) is 0 Å². The number of amides is 1. The number of carbonyl (C=O) groups is 2. The van der Waals surface area contributed by atoms with Crippen molar-refractivity contribution in [3.05, 3.63) is 0 Å². The summed E-state index contributed by atoms with van der Waals surface area (Å²) in [5.41, 5.74) is -0.442. The summed E-state index contributed by atoms with van der Waals surface area (Å²) in [6.45, 7) is 8.37. The van der Waals surface area contributed by atoms with E-state index in [0.717, 1.165) is 12.8 Å². The third kappa shape index (κ3) is 4.14. The number of hydrogen-bond donors (Lipinski definition) is 1. The first-order valence-electron chi connectivity index (χ1n) is 7.25. The maximum Gasteiger partial charge on any atom is 0.319 e. The van der Waals surface area contributed by atoms with Gasteiger partial charge >= 0.3 is 5.97 Å². The van der Waals surface area contributed by atoms with E-state index in [-0.39, 0.29) is 10.7 Å². The van der Waals surface area contributed by atoms with Crippen LogP contribution in [0, 0.1) is 11.3 Å². The molecule has 20 heavy (non-hydrogen) atoms. The van der Waals surface area contributed by atoms with Gasteiger partial charge in [0.1, 0.15) is 5.92 Å². The molecule has 0 aromatic rings. The van der Waals surface area contributed by atoms with E-state index in [1.165, 1.54) is 6.42 Å². The summed E-state index contributed by atoms with van der Waals surface area (Å²) in [7, 11) is 0. The van der Waals surface area contributed by atoms with Gasteiger partial charge < -0.3 is 10.1 Å². The summed E-state index contributed by atoms with van der Waals surface area (Å²) in [6.07, 6.45) is 5.57. The lowest BCUT2D eigenvalue weighted by Gasteiger charge is -2.41. The minimum atomic E-state index is -0.749. The molecule has 1 atom stereocenters. The predicted octanol–water partition coefficient (Wildman–Crippen LogP) is 2.61. The third-order valence-electron chi connectivity index (χ3n) is 3.93. The lowest BCUT2D eigenvalue weighted by atomic mass is 9.79. The molecule has 1 unspecified atom stereocenters. The monoisotopic (exact) mass is 301 g/mol. The van der Waals surface area contributed by atoms with Gasteiger partial charge in [-0.2, -0.15) is 11.8 Å². The smallest absolute Gasteiger partial charge is 0.319 e. The largest absolute Gasteiger partial charge is 0.465 e. The maximum absolute atomic E-state index is 12.4. The molecule has 0 aromatic carbocycles. The summed E-state index contributed by atoms with van der Waals surface area (Å²) >= 11 is 1.81. The SMILES string of the molecule is CCOC(=O)C(C(=O)NCC1(SC)CCC1)C(C)(C)C. The molecule has 1 aliphatic carbocycles. The molecule has 1 saturated carbocycles. The van der Waals surface area contributed by atoms with Crippen molar-refractivity contribution < 1.29 is 14.3 Å². The van der Waals surface area contributed by atoms with Gasteiger partial charge in [0.2, 0.25) is 5.91 Å². The van der Waals surface area contributed by atoms with Crippen LogP contribution >= 0.6 is 11.8 Å². The Labute approximate surface area is 126 Å². The second kappa shape index (κ2) is 6.83. The summed E-state index contributed by atoms with van der Waals surface area (Å²) < 4.78 is 5.22. The molecule has 4 nitrogen and oxygen atoms in total. The Morgan fingerprint density at radius 3 is 2.30 bits per heavy atom. The molecule has 0 spiro atoms. The van der Waals surface area contributed by atoms with Crippen molar-refractivity contribution in [2.75, 3.05) is 19.4 Å². The Morgan fingerprint density at radius 2 is 1.95 bits per heavy atom. The molecule has 0 saturated heterocycles. The molecule has 1 N–H and O–H groups in total. The van der Waals surface area contributed by atoms with Crippen LogP contribution in [0.1, 0.15) is 47.0 Å². The zero-order valence-corrected chi connectivity index (χ0v) is 14.1. The van der Waals surface area contributed by atoms with Crippen molar-refractivity contribution in [1.29, 1.82) is 0 Å². The van der Waals surface area contributed by atoms with Gasteiger partial charge in [-0.3, -0.25) is 9.59 Å². The summed E-state index contributed by atoms with van der Waals surface area (Å²) in [5, 5.41) is 2.96. The van der Waals surface area contributed by atoms with Crippen LogP contribution in [-0.2, 0) is 14.3 Å². The maximum atomic E-state index is 12.4. The molecule has 116 valence electrons. The molecule has 1 fully saturated rings. The fourth-order valence-electron chi connectivity index (χ4n) is 2.45. The van der Waals surface area contributed by atoms with E-state index in [4.69, 9.17) is 4.74 Å². The van der Waals surface area contributed by atoms with Gasteiger partial charge in [-0.05, 0) is 31.4 Å². The molecule has 0 aliphatic heterocycles. The van der Waals surface area contributed by atoms with Gasteiger partial charge in [-0.1, -0.05) is 27.2 Å². The van der Waals surface area contributed by atoms with Crippen LogP contribution in [0.25, 0.3) is 0 Å². The van der Waals surface area contributed by atoms with E-state index in [1.807, 2.05) is 32.5 Å². The van der Waals surface area contributed by atoms with Crippen molar-refractivity contribution in [2.45, 2.75) is 51.7 Å². The minimum absolute atomic E-state index is 0.173. The van der Waals surface area contributed by atoms with Crippen LogP contribution in [-0.4, -0.2) is 36.0 Å². The first-order chi connectivity index (χ1) is 9.25. The highest BCUT2D eigenvalue weighted by Gasteiger charge is 2.41. The van der Waals surface area contributed by atoms with Crippen molar-refractivity contribution in [2.24, 2.45) is 11.3 Å². The van der Waals surface area contributed by atoms with E-state index < -0.39 is 17.3 Å². The van der Waals surface area contributed by atoms with Crippen LogP contribution in [0.2, 0.25) is 0 Å². The highest BCUT2D eigenvalue weighted by atomic mass is 32.2. The average Bonchev–Trinajstić information content (AvgIpc) is 2.26. The highest BCUT2D eigenvalue weighted by molar-refractivity contribution is 8.00. The Kier molecular flexibility index (Phi) is 5.92. The molecule has 0 aromatic heterocycles. The number of esters is 1. The first-order valence-corrected chi connectivity index (χ1v) is 8.48. The van der Waals surface area contributed by atoms with Crippen LogP contribution in [0.5, 0.6) is 0 Å². The van der Waals surface area contributed by atoms with E-state index in [1.54, 1.807) is 6.92 Å². The number of thioether (sulfide) groups is 1.